The Morgan fingerprint density at radius 1 is 0.333 bits per heavy atom. The fourth-order valence-corrected chi connectivity index (χ4v) is 7.27. The second kappa shape index (κ2) is 51.5. The number of unbranched alkanes of at least 4 members (excludes halogenated alkanes) is 27. The number of hydrogen-bond donors (Lipinski definition) is 0. The fraction of sp³-hybridized carbons (Fsp3) is 0.737. The summed E-state index contributed by atoms with van der Waals surface area (Å²) in [5, 5.41) is 0. The summed E-state index contributed by atoms with van der Waals surface area (Å²) < 4.78 is 16.7. The summed E-state index contributed by atoms with van der Waals surface area (Å²) in [6, 6.07) is 0. The maximum Gasteiger partial charge on any atom is 0.306 e. The number of esters is 3. The Bertz CT molecular complexity index is 1190. The molecule has 1 unspecified atom stereocenters. The summed E-state index contributed by atoms with van der Waals surface area (Å²) in [7, 11) is 0. The predicted molar refractivity (Wildman–Crippen MR) is 270 cm³/mol. The zero-order valence-corrected chi connectivity index (χ0v) is 41.3. The lowest BCUT2D eigenvalue weighted by atomic mass is 10.1. The molecule has 0 heterocycles. The van der Waals surface area contributed by atoms with E-state index in [1.807, 2.05) is 36.5 Å². The van der Waals surface area contributed by atoms with Gasteiger partial charge in [0.25, 0.3) is 0 Å². The van der Waals surface area contributed by atoms with E-state index >= 15 is 0 Å². The zero-order valence-electron chi connectivity index (χ0n) is 41.3. The molecule has 0 amide bonds. The van der Waals surface area contributed by atoms with Crippen molar-refractivity contribution in [3.8, 4) is 0 Å². The lowest BCUT2D eigenvalue weighted by molar-refractivity contribution is -0.167. The van der Waals surface area contributed by atoms with Gasteiger partial charge in [0, 0.05) is 19.3 Å². The number of rotatable bonds is 47. The van der Waals surface area contributed by atoms with Crippen molar-refractivity contribution >= 4 is 17.9 Å². The Balaban J connectivity index is 4.41. The highest BCUT2D eigenvalue weighted by atomic mass is 16.6. The van der Waals surface area contributed by atoms with Crippen LogP contribution in [0.25, 0.3) is 0 Å². The zero-order chi connectivity index (χ0) is 45.8. The van der Waals surface area contributed by atoms with Crippen LogP contribution in [0.2, 0.25) is 0 Å². The summed E-state index contributed by atoms with van der Waals surface area (Å²) in [6.07, 6.45) is 64.6. The molecule has 0 aliphatic heterocycles. The highest BCUT2D eigenvalue weighted by Gasteiger charge is 2.19. The van der Waals surface area contributed by atoms with E-state index in [-0.39, 0.29) is 37.5 Å². The number of allylic oxidation sites excluding steroid dienone is 12. The maximum absolute atomic E-state index is 12.8. The largest absolute Gasteiger partial charge is 0.462 e. The molecule has 0 N–H and O–H groups in total. The Labute approximate surface area is 389 Å². The first-order chi connectivity index (χ1) is 31.0. The van der Waals surface area contributed by atoms with Gasteiger partial charge in [-0.3, -0.25) is 14.4 Å². The van der Waals surface area contributed by atoms with E-state index in [2.05, 4.69) is 57.2 Å². The molecule has 0 aromatic carbocycles. The van der Waals surface area contributed by atoms with Gasteiger partial charge in [-0.25, -0.2) is 0 Å². The molecule has 0 saturated heterocycles. The second-order valence-electron chi connectivity index (χ2n) is 17.5. The summed E-state index contributed by atoms with van der Waals surface area (Å²) in [4.78, 5) is 38.0. The molecule has 0 bridgehead atoms. The van der Waals surface area contributed by atoms with E-state index in [4.69, 9.17) is 14.2 Å². The third kappa shape index (κ3) is 49.7. The highest BCUT2D eigenvalue weighted by Crippen LogP contribution is 2.14. The molecule has 1 atom stereocenters. The number of carbonyl (C=O) groups excluding carboxylic acids is 3. The average molecular weight is 879 g/mol. The molecule has 6 nitrogen and oxygen atoms in total. The minimum atomic E-state index is -0.802. The van der Waals surface area contributed by atoms with Gasteiger partial charge in [-0.15, -0.1) is 0 Å². The fourth-order valence-electron chi connectivity index (χ4n) is 7.27. The minimum Gasteiger partial charge on any atom is -0.462 e. The van der Waals surface area contributed by atoms with Crippen LogP contribution in [0.1, 0.15) is 252 Å². The van der Waals surface area contributed by atoms with Gasteiger partial charge in [0.15, 0.2) is 6.10 Å². The molecular weight excluding hydrogens is 781 g/mol. The van der Waals surface area contributed by atoms with E-state index in [1.165, 1.54) is 128 Å². The van der Waals surface area contributed by atoms with Crippen molar-refractivity contribution in [3.05, 3.63) is 72.9 Å². The minimum absolute atomic E-state index is 0.0983. The smallest absolute Gasteiger partial charge is 0.306 e. The van der Waals surface area contributed by atoms with Gasteiger partial charge in [-0.05, 0) is 89.9 Å². The van der Waals surface area contributed by atoms with Crippen LogP contribution in [-0.2, 0) is 28.6 Å². The van der Waals surface area contributed by atoms with E-state index in [9.17, 15) is 14.4 Å². The van der Waals surface area contributed by atoms with Crippen LogP contribution in [0.4, 0.5) is 0 Å². The SMILES string of the molecule is CC/C=C/C=C/C=C/C=C/CCCCCC(=O)OC(COC(=O)CCCCC/C=C/CCCCCCCC)COC(=O)CCCCCCCCC/C=C/CCCCCCCCCC. The molecule has 63 heavy (non-hydrogen) atoms. The molecule has 0 aromatic rings. The molecule has 0 rings (SSSR count). The first-order valence-electron chi connectivity index (χ1n) is 26.5. The Kier molecular flexibility index (Phi) is 48.9. The number of carbonyl (C=O) groups is 3. The van der Waals surface area contributed by atoms with E-state index in [0.717, 1.165) is 77.0 Å². The maximum atomic E-state index is 12.8. The van der Waals surface area contributed by atoms with Crippen molar-refractivity contribution in [3.63, 3.8) is 0 Å². The molecule has 0 spiro atoms. The average Bonchev–Trinajstić information content (AvgIpc) is 3.28. The summed E-state index contributed by atoms with van der Waals surface area (Å²) in [5.41, 5.74) is 0. The van der Waals surface area contributed by atoms with Crippen LogP contribution >= 0.6 is 0 Å². The summed E-state index contributed by atoms with van der Waals surface area (Å²) in [5.74, 6) is -0.956. The molecule has 0 aromatic heterocycles. The summed E-state index contributed by atoms with van der Waals surface area (Å²) in [6.45, 7) is 6.44. The Morgan fingerprint density at radius 3 is 1.03 bits per heavy atom. The first kappa shape index (κ1) is 59.9. The number of hydrogen-bond acceptors (Lipinski definition) is 6. The third-order valence-electron chi connectivity index (χ3n) is 11.3. The molecule has 0 saturated carbocycles. The van der Waals surface area contributed by atoms with Crippen molar-refractivity contribution in [2.24, 2.45) is 0 Å². The molecule has 0 fully saturated rings. The van der Waals surface area contributed by atoms with Crippen molar-refractivity contribution in [2.45, 2.75) is 258 Å². The Morgan fingerprint density at radius 2 is 0.635 bits per heavy atom. The third-order valence-corrected chi connectivity index (χ3v) is 11.3. The highest BCUT2D eigenvalue weighted by molar-refractivity contribution is 5.71. The van der Waals surface area contributed by atoms with E-state index in [1.54, 1.807) is 0 Å². The standard InChI is InChI=1S/C57H98O6/c1-4-7-10-13-16-19-22-25-26-27-28-29-30-33-35-38-41-44-47-50-56(59)62-53-54(63-57(60)51-48-45-42-39-36-32-24-21-18-15-12-9-6-3)52-61-55(58)49-46-43-40-37-34-31-23-20-17-14-11-8-5-2/h9,12,15,18,21,24,27-28,31-32,34,36,54H,4-8,10-11,13-14,16-17,19-20,22-23,25-26,29-30,33,35,37-53H2,1-3H3/b12-9+,18-15+,24-21+,28-27+,34-31+,36-32+. The monoisotopic (exact) mass is 879 g/mol. The molecule has 0 radical (unpaired) electrons. The van der Waals surface area contributed by atoms with Crippen LogP contribution in [-0.4, -0.2) is 37.2 Å². The van der Waals surface area contributed by atoms with Crippen molar-refractivity contribution < 1.29 is 28.6 Å². The van der Waals surface area contributed by atoms with Gasteiger partial charge >= 0.3 is 17.9 Å². The lowest BCUT2D eigenvalue weighted by Gasteiger charge is -2.18. The molecule has 0 aliphatic carbocycles. The van der Waals surface area contributed by atoms with Crippen LogP contribution in [0.5, 0.6) is 0 Å². The second-order valence-corrected chi connectivity index (χ2v) is 17.5. The topological polar surface area (TPSA) is 78.9 Å². The van der Waals surface area contributed by atoms with Crippen LogP contribution in [0, 0.1) is 0 Å². The quantitative estimate of drug-likeness (QED) is 0.0199. The predicted octanol–water partition coefficient (Wildman–Crippen LogP) is 17.4. The Hall–Kier alpha value is -3.15. The van der Waals surface area contributed by atoms with Gasteiger partial charge in [-0.1, -0.05) is 216 Å². The normalized spacial score (nSPS) is 12.6. The van der Waals surface area contributed by atoms with E-state index < -0.39 is 6.10 Å². The molecular formula is C57H98O6. The van der Waals surface area contributed by atoms with Gasteiger partial charge in [-0.2, -0.15) is 0 Å². The first-order valence-corrected chi connectivity index (χ1v) is 26.5. The van der Waals surface area contributed by atoms with Gasteiger partial charge < -0.3 is 14.2 Å². The summed E-state index contributed by atoms with van der Waals surface area (Å²) >= 11 is 0. The lowest BCUT2D eigenvalue weighted by Crippen LogP contribution is -2.30. The van der Waals surface area contributed by atoms with E-state index in [0.29, 0.717) is 19.3 Å². The number of ether oxygens (including phenoxy) is 3. The van der Waals surface area contributed by atoms with Crippen LogP contribution < -0.4 is 0 Å². The van der Waals surface area contributed by atoms with Gasteiger partial charge in [0.1, 0.15) is 13.2 Å². The van der Waals surface area contributed by atoms with Crippen molar-refractivity contribution in [2.75, 3.05) is 13.2 Å². The van der Waals surface area contributed by atoms with Crippen LogP contribution in [0.3, 0.4) is 0 Å². The van der Waals surface area contributed by atoms with Gasteiger partial charge in [0.05, 0.1) is 0 Å². The van der Waals surface area contributed by atoms with Crippen LogP contribution in [0.15, 0.2) is 72.9 Å². The molecule has 0 aliphatic rings. The van der Waals surface area contributed by atoms with Crippen molar-refractivity contribution in [1.82, 2.24) is 0 Å². The van der Waals surface area contributed by atoms with Gasteiger partial charge in [0.2, 0.25) is 0 Å². The molecule has 362 valence electrons. The van der Waals surface area contributed by atoms with Crippen molar-refractivity contribution in [1.29, 1.82) is 0 Å². The molecule has 6 heteroatoms.